The Labute approximate surface area is 122 Å². The van der Waals surface area contributed by atoms with Crippen LogP contribution < -0.4 is 10.6 Å². The van der Waals surface area contributed by atoms with Gasteiger partial charge in [-0.25, -0.2) is 9.97 Å². The van der Waals surface area contributed by atoms with E-state index in [1.165, 1.54) is 0 Å². The van der Waals surface area contributed by atoms with Crippen LogP contribution in [0.4, 0.5) is 11.6 Å². The molecule has 110 valence electrons. The van der Waals surface area contributed by atoms with E-state index >= 15 is 0 Å². The van der Waals surface area contributed by atoms with E-state index in [0.29, 0.717) is 6.54 Å². The maximum absolute atomic E-state index is 4.58. The van der Waals surface area contributed by atoms with Crippen LogP contribution in [-0.2, 0) is 6.54 Å². The van der Waals surface area contributed by atoms with Crippen LogP contribution in [0.3, 0.4) is 0 Å². The number of fused-ring (bicyclic) bond motifs is 1. The molecule has 8 heteroatoms. The fraction of sp³-hybridized carbons (Fsp3) is 0.385. The molecule has 0 radical (unpaired) electrons. The Morgan fingerprint density at radius 2 is 2.10 bits per heavy atom. The number of hydrogen-bond acceptors (Lipinski definition) is 6. The summed E-state index contributed by atoms with van der Waals surface area (Å²) in [5.41, 5.74) is 0.815. The van der Waals surface area contributed by atoms with Crippen molar-refractivity contribution >= 4 is 17.3 Å². The van der Waals surface area contributed by atoms with Crippen molar-refractivity contribution in [2.45, 2.75) is 19.9 Å². The second kappa shape index (κ2) is 6.21. The summed E-state index contributed by atoms with van der Waals surface area (Å²) in [7, 11) is 0. The van der Waals surface area contributed by atoms with Gasteiger partial charge in [-0.3, -0.25) is 4.68 Å². The number of anilines is 2. The van der Waals surface area contributed by atoms with Crippen molar-refractivity contribution in [3.8, 4) is 0 Å². The second-order valence-corrected chi connectivity index (χ2v) is 4.65. The van der Waals surface area contributed by atoms with Crippen molar-refractivity contribution in [3.63, 3.8) is 0 Å². The Balaban J connectivity index is 1.74. The summed E-state index contributed by atoms with van der Waals surface area (Å²) in [6, 6.07) is 0. The lowest BCUT2D eigenvalue weighted by molar-refractivity contribution is 0.608. The maximum atomic E-state index is 4.58. The SMILES string of the molecule is CCCNc1cn2ccnc2c(NCCn2ccnn2)n1. The second-order valence-electron chi connectivity index (χ2n) is 4.65. The van der Waals surface area contributed by atoms with Gasteiger partial charge < -0.3 is 15.0 Å². The zero-order valence-corrected chi connectivity index (χ0v) is 11.9. The molecular formula is C13H18N8. The fourth-order valence-electron chi connectivity index (χ4n) is 2.03. The minimum Gasteiger partial charge on any atom is -0.369 e. The van der Waals surface area contributed by atoms with Gasteiger partial charge in [0.1, 0.15) is 5.82 Å². The summed E-state index contributed by atoms with van der Waals surface area (Å²) in [5, 5.41) is 14.3. The Morgan fingerprint density at radius 1 is 1.14 bits per heavy atom. The molecule has 0 bridgehead atoms. The number of imidazole rings is 1. The van der Waals surface area contributed by atoms with Crippen LogP contribution in [0.5, 0.6) is 0 Å². The van der Waals surface area contributed by atoms with Gasteiger partial charge in [-0.2, -0.15) is 0 Å². The monoisotopic (exact) mass is 286 g/mol. The molecule has 0 unspecified atom stereocenters. The highest BCUT2D eigenvalue weighted by Gasteiger charge is 2.07. The molecule has 0 aliphatic heterocycles. The standard InChI is InChI=1S/C13H18N8/c1-2-3-14-11-10-20-7-4-16-13(20)12(18-11)15-5-8-21-9-6-17-19-21/h4,6-7,9-10,14H,2-3,5,8H2,1H3,(H,15,18). The normalized spacial score (nSPS) is 10.9. The maximum Gasteiger partial charge on any atom is 0.180 e. The summed E-state index contributed by atoms with van der Waals surface area (Å²) in [5.74, 6) is 1.60. The molecule has 0 saturated carbocycles. The molecule has 0 aliphatic carbocycles. The molecule has 3 rings (SSSR count). The molecule has 0 aliphatic rings. The highest BCUT2D eigenvalue weighted by Crippen LogP contribution is 2.16. The minimum atomic E-state index is 0.704. The molecular weight excluding hydrogens is 268 g/mol. The van der Waals surface area contributed by atoms with E-state index in [9.17, 15) is 0 Å². The lowest BCUT2D eigenvalue weighted by Crippen LogP contribution is -2.14. The van der Waals surface area contributed by atoms with Gasteiger partial charge in [-0.15, -0.1) is 5.10 Å². The fourth-order valence-corrected chi connectivity index (χ4v) is 2.03. The third-order valence-corrected chi connectivity index (χ3v) is 3.04. The minimum absolute atomic E-state index is 0.704. The Kier molecular flexibility index (Phi) is 3.95. The first-order valence-corrected chi connectivity index (χ1v) is 7.02. The van der Waals surface area contributed by atoms with Crippen LogP contribution >= 0.6 is 0 Å². The van der Waals surface area contributed by atoms with Gasteiger partial charge in [-0.05, 0) is 6.42 Å². The molecule has 2 N–H and O–H groups in total. The number of hydrogen-bond donors (Lipinski definition) is 2. The van der Waals surface area contributed by atoms with Crippen LogP contribution in [0.2, 0.25) is 0 Å². The Bertz CT molecular complexity index is 687. The summed E-state index contributed by atoms with van der Waals surface area (Å²) >= 11 is 0. The van der Waals surface area contributed by atoms with Crippen LogP contribution in [0, 0.1) is 0 Å². The molecule has 0 spiro atoms. The summed E-state index contributed by atoms with van der Waals surface area (Å²) in [4.78, 5) is 8.91. The zero-order valence-electron chi connectivity index (χ0n) is 11.9. The van der Waals surface area contributed by atoms with Gasteiger partial charge in [0.15, 0.2) is 11.5 Å². The highest BCUT2D eigenvalue weighted by molar-refractivity contribution is 5.65. The molecule has 0 aromatic carbocycles. The third-order valence-electron chi connectivity index (χ3n) is 3.04. The number of nitrogens with zero attached hydrogens (tertiary/aromatic N) is 6. The Hall–Kier alpha value is -2.64. The van der Waals surface area contributed by atoms with E-state index in [4.69, 9.17) is 0 Å². The van der Waals surface area contributed by atoms with Crippen LogP contribution in [0.15, 0.2) is 31.0 Å². The summed E-state index contributed by atoms with van der Waals surface area (Å²) in [6.07, 6.45) is 10.2. The third kappa shape index (κ3) is 3.10. The van der Waals surface area contributed by atoms with Gasteiger partial charge in [-0.1, -0.05) is 12.1 Å². The van der Waals surface area contributed by atoms with Crippen LogP contribution in [0.1, 0.15) is 13.3 Å². The highest BCUT2D eigenvalue weighted by atomic mass is 15.4. The van der Waals surface area contributed by atoms with Crippen LogP contribution in [-0.4, -0.2) is 42.5 Å². The van der Waals surface area contributed by atoms with E-state index in [0.717, 1.165) is 36.8 Å². The Morgan fingerprint density at radius 3 is 2.90 bits per heavy atom. The first kappa shape index (κ1) is 13.3. The average Bonchev–Trinajstić information content (AvgIpc) is 3.15. The van der Waals surface area contributed by atoms with Crippen molar-refractivity contribution in [2.75, 3.05) is 23.7 Å². The predicted octanol–water partition coefficient (Wildman–Crippen LogP) is 1.25. The number of nitrogens with one attached hydrogen (secondary N) is 2. The average molecular weight is 286 g/mol. The molecule has 3 aromatic heterocycles. The van der Waals surface area contributed by atoms with Crippen molar-refractivity contribution in [3.05, 3.63) is 31.0 Å². The van der Waals surface area contributed by atoms with E-state index in [1.54, 1.807) is 17.1 Å². The predicted molar refractivity (Wildman–Crippen MR) is 80.3 cm³/mol. The van der Waals surface area contributed by atoms with Crippen molar-refractivity contribution in [1.82, 2.24) is 29.4 Å². The molecule has 0 atom stereocenters. The molecule has 8 nitrogen and oxygen atoms in total. The molecule has 21 heavy (non-hydrogen) atoms. The molecule has 3 heterocycles. The molecule has 0 amide bonds. The largest absolute Gasteiger partial charge is 0.369 e. The van der Waals surface area contributed by atoms with Crippen molar-refractivity contribution in [2.24, 2.45) is 0 Å². The van der Waals surface area contributed by atoms with Crippen LogP contribution in [0.25, 0.3) is 5.65 Å². The quantitative estimate of drug-likeness (QED) is 0.680. The summed E-state index contributed by atoms with van der Waals surface area (Å²) < 4.78 is 3.73. The van der Waals surface area contributed by atoms with Crippen molar-refractivity contribution in [1.29, 1.82) is 0 Å². The molecule has 0 saturated heterocycles. The topological polar surface area (TPSA) is 85.0 Å². The lowest BCUT2D eigenvalue weighted by Gasteiger charge is -2.10. The lowest BCUT2D eigenvalue weighted by atomic mass is 10.4. The zero-order chi connectivity index (χ0) is 14.5. The smallest absolute Gasteiger partial charge is 0.180 e. The van der Waals surface area contributed by atoms with E-state index < -0.39 is 0 Å². The number of aromatic nitrogens is 6. The van der Waals surface area contributed by atoms with E-state index in [2.05, 4.69) is 37.8 Å². The van der Waals surface area contributed by atoms with Gasteiger partial charge in [0, 0.05) is 31.7 Å². The molecule has 0 fully saturated rings. The van der Waals surface area contributed by atoms with Gasteiger partial charge in [0.05, 0.1) is 18.9 Å². The van der Waals surface area contributed by atoms with Crippen molar-refractivity contribution < 1.29 is 0 Å². The van der Waals surface area contributed by atoms with Gasteiger partial charge in [0.2, 0.25) is 0 Å². The van der Waals surface area contributed by atoms with Gasteiger partial charge in [0.25, 0.3) is 0 Å². The molecule has 3 aromatic rings. The van der Waals surface area contributed by atoms with Gasteiger partial charge >= 0.3 is 0 Å². The summed E-state index contributed by atoms with van der Waals surface area (Å²) in [6.45, 7) is 4.45. The first-order chi connectivity index (χ1) is 10.4. The van der Waals surface area contributed by atoms with E-state index in [1.807, 2.05) is 23.0 Å². The first-order valence-electron chi connectivity index (χ1n) is 7.02. The van der Waals surface area contributed by atoms with E-state index in [-0.39, 0.29) is 0 Å². The number of rotatable bonds is 7.